The van der Waals surface area contributed by atoms with E-state index in [1.54, 1.807) is 49.3 Å². The Bertz CT molecular complexity index is 1100. The van der Waals surface area contributed by atoms with Crippen molar-refractivity contribution < 1.29 is 8.42 Å². The van der Waals surface area contributed by atoms with Crippen LogP contribution in [-0.4, -0.2) is 32.5 Å². The summed E-state index contributed by atoms with van der Waals surface area (Å²) in [5.41, 5.74) is 2.27. The molecule has 3 aromatic rings. The lowest BCUT2D eigenvalue weighted by Crippen LogP contribution is -2.20. The van der Waals surface area contributed by atoms with Crippen molar-refractivity contribution in [3.05, 3.63) is 59.8 Å². The summed E-state index contributed by atoms with van der Waals surface area (Å²) in [5.74, 6) is 0.367. The smallest absolute Gasteiger partial charge is 0.200 e. The van der Waals surface area contributed by atoms with Crippen molar-refractivity contribution in [1.82, 2.24) is 9.97 Å². The second-order valence-electron chi connectivity index (χ2n) is 6.18. The third-order valence-corrected chi connectivity index (χ3v) is 5.91. The van der Waals surface area contributed by atoms with Gasteiger partial charge in [0.05, 0.1) is 22.0 Å². The van der Waals surface area contributed by atoms with Gasteiger partial charge < -0.3 is 4.90 Å². The van der Waals surface area contributed by atoms with Gasteiger partial charge in [0, 0.05) is 14.1 Å². The lowest BCUT2D eigenvalue weighted by atomic mass is 10.2. The van der Waals surface area contributed by atoms with Gasteiger partial charge in [-0.15, -0.1) is 0 Å². The average molecular weight is 366 g/mol. The molecule has 1 unspecified atom stereocenters. The third kappa shape index (κ3) is 3.11. The highest BCUT2D eigenvalue weighted by molar-refractivity contribution is 7.92. The molecule has 0 bridgehead atoms. The topological polar surface area (TPSA) is 86.9 Å². The van der Waals surface area contributed by atoms with Gasteiger partial charge in [-0.2, -0.15) is 5.26 Å². The molecule has 26 heavy (non-hydrogen) atoms. The summed E-state index contributed by atoms with van der Waals surface area (Å²) in [6, 6.07) is 15.5. The maximum atomic E-state index is 13.1. The van der Waals surface area contributed by atoms with Crippen LogP contribution >= 0.6 is 0 Å². The van der Waals surface area contributed by atoms with E-state index in [-0.39, 0.29) is 10.6 Å². The SMILES string of the molecule is Cc1ccc(S(=O)(=O)C(C#N)c2nc3ccccc3nc2N(C)C)cc1. The average Bonchev–Trinajstić information content (AvgIpc) is 2.61. The van der Waals surface area contributed by atoms with Gasteiger partial charge >= 0.3 is 0 Å². The Balaban J connectivity index is 2.23. The fourth-order valence-corrected chi connectivity index (χ4v) is 4.03. The maximum absolute atomic E-state index is 13.1. The second kappa shape index (κ2) is 6.73. The quantitative estimate of drug-likeness (QED) is 0.705. The summed E-state index contributed by atoms with van der Waals surface area (Å²) in [6.07, 6.45) is 0. The number of hydrogen-bond donors (Lipinski definition) is 0. The summed E-state index contributed by atoms with van der Waals surface area (Å²) in [5, 5.41) is 8.25. The Kier molecular flexibility index (Phi) is 4.62. The predicted molar refractivity (Wildman–Crippen MR) is 101 cm³/mol. The number of sulfone groups is 1. The van der Waals surface area contributed by atoms with Crippen LogP contribution in [0.15, 0.2) is 53.4 Å². The molecule has 0 fully saturated rings. The van der Waals surface area contributed by atoms with Crippen LogP contribution in [0, 0.1) is 18.3 Å². The number of rotatable bonds is 4. The van der Waals surface area contributed by atoms with Crippen LogP contribution in [0.2, 0.25) is 0 Å². The highest BCUT2D eigenvalue weighted by Crippen LogP contribution is 2.33. The molecule has 0 aliphatic rings. The summed E-state index contributed by atoms with van der Waals surface area (Å²) < 4.78 is 26.2. The normalized spacial score (nSPS) is 12.5. The zero-order chi connectivity index (χ0) is 18.9. The van der Waals surface area contributed by atoms with Crippen LogP contribution in [-0.2, 0) is 9.84 Å². The molecule has 0 saturated carbocycles. The molecule has 1 atom stereocenters. The zero-order valence-corrected chi connectivity index (χ0v) is 15.5. The monoisotopic (exact) mass is 366 g/mol. The molecule has 0 aliphatic heterocycles. The van der Waals surface area contributed by atoms with Crippen LogP contribution in [0.4, 0.5) is 5.82 Å². The molecule has 0 amide bonds. The summed E-state index contributed by atoms with van der Waals surface area (Å²) in [6.45, 7) is 1.87. The van der Waals surface area contributed by atoms with E-state index >= 15 is 0 Å². The lowest BCUT2D eigenvalue weighted by Gasteiger charge is -2.19. The van der Waals surface area contributed by atoms with Crippen molar-refractivity contribution in [3.63, 3.8) is 0 Å². The fourth-order valence-electron chi connectivity index (χ4n) is 2.65. The molecule has 0 saturated heterocycles. The van der Waals surface area contributed by atoms with Crippen molar-refractivity contribution in [3.8, 4) is 6.07 Å². The van der Waals surface area contributed by atoms with Crippen molar-refractivity contribution in [1.29, 1.82) is 5.26 Å². The van der Waals surface area contributed by atoms with Crippen molar-refractivity contribution >= 4 is 26.7 Å². The van der Waals surface area contributed by atoms with Gasteiger partial charge in [0.1, 0.15) is 5.69 Å². The maximum Gasteiger partial charge on any atom is 0.200 e. The van der Waals surface area contributed by atoms with Crippen molar-refractivity contribution in [2.45, 2.75) is 17.1 Å². The molecule has 0 aliphatic carbocycles. The number of anilines is 1. The van der Waals surface area contributed by atoms with E-state index in [2.05, 4.69) is 9.97 Å². The lowest BCUT2D eigenvalue weighted by molar-refractivity contribution is 0.590. The number of fused-ring (bicyclic) bond motifs is 1. The van der Waals surface area contributed by atoms with Crippen LogP contribution in [0.5, 0.6) is 0 Å². The highest BCUT2D eigenvalue weighted by Gasteiger charge is 2.34. The predicted octanol–water partition coefficient (Wildman–Crippen LogP) is 3.04. The third-order valence-electron chi connectivity index (χ3n) is 4.03. The van der Waals surface area contributed by atoms with Crippen molar-refractivity contribution in [2.75, 3.05) is 19.0 Å². The molecular weight excluding hydrogens is 348 g/mol. The number of aromatic nitrogens is 2. The molecule has 132 valence electrons. The number of nitriles is 1. The van der Waals surface area contributed by atoms with Gasteiger partial charge in [0.25, 0.3) is 0 Å². The van der Waals surface area contributed by atoms with Crippen molar-refractivity contribution in [2.24, 2.45) is 0 Å². The first-order valence-electron chi connectivity index (χ1n) is 7.99. The fraction of sp³-hybridized carbons (Fsp3) is 0.211. The molecule has 1 heterocycles. The molecule has 1 aromatic heterocycles. The number of hydrogen-bond acceptors (Lipinski definition) is 6. The van der Waals surface area contributed by atoms with E-state index in [0.29, 0.717) is 16.9 Å². The first-order valence-corrected chi connectivity index (χ1v) is 9.53. The van der Waals surface area contributed by atoms with E-state index < -0.39 is 15.1 Å². The van der Waals surface area contributed by atoms with Crippen LogP contribution < -0.4 is 4.90 Å². The van der Waals surface area contributed by atoms with Gasteiger partial charge in [-0.1, -0.05) is 29.8 Å². The van der Waals surface area contributed by atoms with Crippen LogP contribution in [0.3, 0.4) is 0 Å². The molecule has 6 nitrogen and oxygen atoms in total. The van der Waals surface area contributed by atoms with Gasteiger partial charge in [-0.3, -0.25) is 0 Å². The zero-order valence-electron chi connectivity index (χ0n) is 14.7. The molecule has 0 radical (unpaired) electrons. The summed E-state index contributed by atoms with van der Waals surface area (Å²) >= 11 is 0. The minimum atomic E-state index is -3.94. The van der Waals surface area contributed by atoms with E-state index in [9.17, 15) is 13.7 Å². The Labute approximate surface area is 152 Å². The number of nitrogens with zero attached hydrogens (tertiary/aromatic N) is 4. The summed E-state index contributed by atoms with van der Waals surface area (Å²) in [7, 11) is -0.445. The van der Waals surface area contributed by atoms with E-state index in [1.165, 1.54) is 12.1 Å². The largest absolute Gasteiger partial charge is 0.361 e. The first kappa shape index (κ1) is 17.8. The highest BCUT2D eigenvalue weighted by atomic mass is 32.2. The summed E-state index contributed by atoms with van der Waals surface area (Å²) in [4.78, 5) is 10.7. The van der Waals surface area contributed by atoms with Gasteiger partial charge in [0.15, 0.2) is 11.1 Å². The Morgan fingerprint density at radius 2 is 1.58 bits per heavy atom. The first-order chi connectivity index (χ1) is 12.3. The molecule has 3 rings (SSSR count). The minimum Gasteiger partial charge on any atom is -0.361 e. The minimum absolute atomic E-state index is 0.0920. The second-order valence-corrected chi connectivity index (χ2v) is 8.22. The molecule has 2 aromatic carbocycles. The molecule has 0 spiro atoms. The standard InChI is InChI=1S/C19H18N4O2S/c1-13-8-10-14(11-9-13)26(24,25)17(12-20)18-19(23(2)3)22-16-7-5-4-6-15(16)21-18/h4-11,17H,1-3H3. The van der Waals surface area contributed by atoms with Crippen LogP contribution in [0.1, 0.15) is 16.5 Å². The Morgan fingerprint density at radius 3 is 2.12 bits per heavy atom. The van der Waals surface area contributed by atoms with Gasteiger partial charge in [0.2, 0.25) is 9.84 Å². The van der Waals surface area contributed by atoms with Gasteiger partial charge in [-0.25, -0.2) is 18.4 Å². The van der Waals surface area contributed by atoms with E-state index in [1.807, 2.05) is 19.1 Å². The molecule has 0 N–H and O–H groups in total. The number of para-hydroxylation sites is 2. The van der Waals surface area contributed by atoms with E-state index in [4.69, 9.17) is 0 Å². The Hall–Kier alpha value is -2.98. The molecular formula is C19H18N4O2S. The van der Waals surface area contributed by atoms with Gasteiger partial charge in [-0.05, 0) is 31.2 Å². The number of aryl methyl sites for hydroxylation is 1. The van der Waals surface area contributed by atoms with E-state index in [0.717, 1.165) is 5.56 Å². The molecule has 7 heteroatoms. The Morgan fingerprint density at radius 1 is 1.00 bits per heavy atom. The number of benzene rings is 2. The van der Waals surface area contributed by atoms with Crippen LogP contribution in [0.25, 0.3) is 11.0 Å².